The van der Waals surface area contributed by atoms with Crippen LogP contribution in [0.3, 0.4) is 0 Å². The van der Waals surface area contributed by atoms with Crippen molar-refractivity contribution in [2.45, 2.75) is 19.3 Å². The zero-order chi connectivity index (χ0) is 15.2. The molecule has 1 heterocycles. The van der Waals surface area contributed by atoms with Gasteiger partial charge in [0.05, 0.1) is 12.2 Å². The second-order valence-corrected chi connectivity index (χ2v) is 6.53. The van der Waals surface area contributed by atoms with Gasteiger partial charge < -0.3 is 10.4 Å². The van der Waals surface area contributed by atoms with E-state index in [1.54, 1.807) is 0 Å². The lowest BCUT2D eigenvalue weighted by Crippen LogP contribution is -2.41. The van der Waals surface area contributed by atoms with E-state index in [1.807, 2.05) is 29.2 Å². The molecule has 0 radical (unpaired) electrons. The third-order valence-corrected chi connectivity index (χ3v) is 4.52. The quantitative estimate of drug-likeness (QED) is 0.743. The summed E-state index contributed by atoms with van der Waals surface area (Å²) in [5.41, 5.74) is 0.821. The molecular formula is C15H19IN2O3. The topological polar surface area (TPSA) is 69.6 Å². The van der Waals surface area contributed by atoms with Crippen molar-refractivity contribution in [3.05, 3.63) is 27.8 Å². The number of hydrogen-bond acceptors (Lipinski definition) is 3. The van der Waals surface area contributed by atoms with E-state index in [0.29, 0.717) is 13.1 Å². The minimum absolute atomic E-state index is 0.0462. The Balaban J connectivity index is 1.85. The van der Waals surface area contributed by atoms with Crippen molar-refractivity contribution >= 4 is 40.2 Å². The highest BCUT2D eigenvalue weighted by Crippen LogP contribution is 2.20. The highest BCUT2D eigenvalue weighted by Gasteiger charge is 2.23. The van der Waals surface area contributed by atoms with Crippen molar-refractivity contribution in [3.8, 4) is 0 Å². The Morgan fingerprint density at radius 1 is 1.38 bits per heavy atom. The minimum atomic E-state index is -0.759. The van der Waals surface area contributed by atoms with Crippen LogP contribution in [0.2, 0.25) is 0 Å². The summed E-state index contributed by atoms with van der Waals surface area (Å²) in [6, 6.07) is 7.64. The van der Waals surface area contributed by atoms with Crippen LogP contribution >= 0.6 is 22.6 Å². The van der Waals surface area contributed by atoms with Gasteiger partial charge in [-0.15, -0.1) is 0 Å². The number of halogens is 1. The number of carbonyl (C=O) groups is 2. The molecule has 1 unspecified atom stereocenters. The zero-order valence-electron chi connectivity index (χ0n) is 11.7. The fraction of sp³-hybridized carbons (Fsp3) is 0.467. The number of carboxylic acids is 1. The van der Waals surface area contributed by atoms with E-state index in [0.717, 1.165) is 28.6 Å². The van der Waals surface area contributed by atoms with Crippen LogP contribution in [0.5, 0.6) is 0 Å². The first kappa shape index (κ1) is 16.2. The Morgan fingerprint density at radius 2 is 2.14 bits per heavy atom. The molecule has 0 aliphatic carbocycles. The molecule has 114 valence electrons. The van der Waals surface area contributed by atoms with Crippen molar-refractivity contribution < 1.29 is 14.7 Å². The van der Waals surface area contributed by atoms with Gasteiger partial charge in [0, 0.05) is 16.5 Å². The van der Waals surface area contributed by atoms with Gasteiger partial charge in [-0.1, -0.05) is 12.1 Å². The zero-order valence-corrected chi connectivity index (χ0v) is 13.9. The first-order valence-corrected chi connectivity index (χ1v) is 8.11. The van der Waals surface area contributed by atoms with Crippen LogP contribution in [0.1, 0.15) is 19.3 Å². The van der Waals surface area contributed by atoms with Gasteiger partial charge in [0.1, 0.15) is 0 Å². The first-order chi connectivity index (χ1) is 10.0. The van der Waals surface area contributed by atoms with Gasteiger partial charge in [-0.3, -0.25) is 14.5 Å². The number of piperidine rings is 1. The van der Waals surface area contributed by atoms with Crippen LogP contribution in [0, 0.1) is 9.49 Å². The third-order valence-electron chi connectivity index (χ3n) is 3.58. The molecule has 5 nitrogen and oxygen atoms in total. The molecule has 21 heavy (non-hydrogen) atoms. The Labute approximate surface area is 137 Å². The molecule has 1 aromatic carbocycles. The molecule has 0 spiro atoms. The third kappa shape index (κ3) is 5.28. The number of carboxylic acid groups (broad SMARTS) is 1. The van der Waals surface area contributed by atoms with Crippen LogP contribution in [0.15, 0.2) is 24.3 Å². The average Bonchev–Trinajstić information content (AvgIpc) is 2.41. The second kappa shape index (κ2) is 7.74. The Hall–Kier alpha value is -1.15. The van der Waals surface area contributed by atoms with Crippen molar-refractivity contribution in [1.29, 1.82) is 0 Å². The molecule has 6 heteroatoms. The summed E-state index contributed by atoms with van der Waals surface area (Å²) in [4.78, 5) is 24.9. The van der Waals surface area contributed by atoms with Gasteiger partial charge in [-0.05, 0) is 60.0 Å². The van der Waals surface area contributed by atoms with Crippen molar-refractivity contribution in [2.24, 2.45) is 5.92 Å². The number of nitrogens with zero attached hydrogens (tertiary/aromatic N) is 1. The van der Waals surface area contributed by atoms with Gasteiger partial charge in [0.15, 0.2) is 0 Å². The lowest BCUT2D eigenvalue weighted by atomic mass is 9.95. The molecule has 0 saturated carbocycles. The number of aliphatic carboxylic acids is 1. The van der Waals surface area contributed by atoms with E-state index in [1.165, 1.54) is 0 Å². The van der Waals surface area contributed by atoms with Crippen LogP contribution in [0.4, 0.5) is 5.69 Å². The molecule has 2 N–H and O–H groups in total. The smallest absolute Gasteiger partial charge is 0.303 e. The molecule has 2 rings (SSSR count). The van der Waals surface area contributed by atoms with Gasteiger partial charge >= 0.3 is 5.97 Å². The molecule has 1 aliphatic heterocycles. The maximum atomic E-state index is 12.1. The van der Waals surface area contributed by atoms with Gasteiger partial charge in [0.2, 0.25) is 5.91 Å². The Morgan fingerprint density at radius 3 is 2.86 bits per heavy atom. The summed E-state index contributed by atoms with van der Waals surface area (Å²) < 4.78 is 1.01. The predicted molar refractivity (Wildman–Crippen MR) is 89.2 cm³/mol. The summed E-state index contributed by atoms with van der Waals surface area (Å²) in [6.07, 6.45) is 2.07. The Bertz CT molecular complexity index is 521. The largest absolute Gasteiger partial charge is 0.481 e. The van der Waals surface area contributed by atoms with E-state index < -0.39 is 5.97 Å². The van der Waals surface area contributed by atoms with Crippen LogP contribution in [-0.4, -0.2) is 41.5 Å². The molecule has 1 saturated heterocycles. The molecule has 0 aromatic heterocycles. The second-order valence-electron chi connectivity index (χ2n) is 5.37. The summed E-state index contributed by atoms with van der Waals surface area (Å²) in [7, 11) is 0. The van der Waals surface area contributed by atoms with E-state index >= 15 is 0 Å². The fourth-order valence-electron chi connectivity index (χ4n) is 2.66. The van der Waals surface area contributed by atoms with Crippen molar-refractivity contribution in [1.82, 2.24) is 4.90 Å². The van der Waals surface area contributed by atoms with Crippen LogP contribution in [0.25, 0.3) is 0 Å². The van der Waals surface area contributed by atoms with Crippen molar-refractivity contribution in [3.63, 3.8) is 0 Å². The summed E-state index contributed by atoms with van der Waals surface area (Å²) in [5.74, 6) is -0.652. The van der Waals surface area contributed by atoms with Gasteiger partial charge in [0.25, 0.3) is 0 Å². The number of rotatable bonds is 5. The summed E-state index contributed by atoms with van der Waals surface area (Å²) in [6.45, 7) is 1.86. The highest BCUT2D eigenvalue weighted by molar-refractivity contribution is 14.1. The normalized spacial score (nSPS) is 19.2. The molecule has 1 atom stereocenters. The summed E-state index contributed by atoms with van der Waals surface area (Å²) >= 11 is 2.19. The van der Waals surface area contributed by atoms with E-state index in [2.05, 4.69) is 27.9 Å². The maximum absolute atomic E-state index is 12.1. The highest BCUT2D eigenvalue weighted by atomic mass is 127. The lowest BCUT2D eigenvalue weighted by Gasteiger charge is -2.31. The SMILES string of the molecule is O=C(O)CC1CCCN(CC(=O)Nc2ccccc2I)C1. The van der Waals surface area contributed by atoms with E-state index in [9.17, 15) is 9.59 Å². The maximum Gasteiger partial charge on any atom is 0.303 e. The molecule has 1 fully saturated rings. The van der Waals surface area contributed by atoms with E-state index in [-0.39, 0.29) is 18.2 Å². The average molecular weight is 402 g/mol. The van der Waals surface area contributed by atoms with Gasteiger partial charge in [-0.25, -0.2) is 0 Å². The first-order valence-electron chi connectivity index (χ1n) is 7.03. The van der Waals surface area contributed by atoms with E-state index in [4.69, 9.17) is 5.11 Å². The molecular weight excluding hydrogens is 383 g/mol. The lowest BCUT2D eigenvalue weighted by molar-refractivity contribution is -0.138. The Kier molecular flexibility index (Phi) is 5.98. The fourth-order valence-corrected chi connectivity index (χ4v) is 3.19. The number of benzene rings is 1. The molecule has 1 aromatic rings. The standard InChI is InChI=1S/C15H19IN2O3/c16-12-5-1-2-6-13(12)17-14(19)10-18-7-3-4-11(9-18)8-15(20)21/h1-2,5-6,11H,3-4,7-10H2,(H,17,19)(H,20,21). The number of likely N-dealkylation sites (tertiary alicyclic amines) is 1. The molecule has 0 bridgehead atoms. The van der Waals surface area contributed by atoms with Crippen molar-refractivity contribution in [2.75, 3.05) is 25.0 Å². The molecule has 1 amide bonds. The molecule has 1 aliphatic rings. The van der Waals surface area contributed by atoms with Crippen LogP contribution in [-0.2, 0) is 9.59 Å². The monoisotopic (exact) mass is 402 g/mol. The number of amides is 1. The van der Waals surface area contributed by atoms with Crippen LogP contribution < -0.4 is 5.32 Å². The minimum Gasteiger partial charge on any atom is -0.481 e. The van der Waals surface area contributed by atoms with Gasteiger partial charge in [-0.2, -0.15) is 0 Å². The number of hydrogen-bond donors (Lipinski definition) is 2. The summed E-state index contributed by atoms with van der Waals surface area (Å²) in [5, 5.41) is 11.8. The predicted octanol–water partition coefficient (Wildman–Crippen LogP) is 2.42. The number of nitrogens with one attached hydrogen (secondary N) is 1. The number of para-hydroxylation sites is 1. The number of carbonyl (C=O) groups excluding carboxylic acids is 1. The number of anilines is 1.